The van der Waals surface area contributed by atoms with Crippen LogP contribution in [0.1, 0.15) is 52.4 Å². The first-order valence-corrected chi connectivity index (χ1v) is 12.9. The fourth-order valence-corrected chi connectivity index (χ4v) is 5.29. The van der Waals surface area contributed by atoms with E-state index in [2.05, 4.69) is 0 Å². The van der Waals surface area contributed by atoms with Crippen LogP contribution in [0, 0.1) is 23.6 Å². The monoisotopic (exact) mass is 520 g/mol. The summed E-state index contributed by atoms with van der Waals surface area (Å²) in [5, 5.41) is 39.5. The molecular weight excluding hydrogens is 483 g/mol. The molecule has 0 bridgehead atoms. The standard InChI is InChI=1S/C28H37FO8/c1-3-24(36-22-9-6-18(29)7-10-22)28(35)37-25-14-20(31)12-17-5-4-16(2)23(27(17)25)11-8-19(30)13-21(32)15-26(33)34/h4-7,9-10,12,16,19-21,23-25,27,30-32H,3,8,11,13-15H2,1-2H3,(H,33,34). The number of ether oxygens (including phenoxy) is 2. The van der Waals surface area contributed by atoms with E-state index in [0.717, 1.165) is 5.57 Å². The van der Waals surface area contributed by atoms with Gasteiger partial charge in [-0.25, -0.2) is 9.18 Å². The first kappa shape index (κ1) is 28.8. The predicted octanol–water partition coefficient (Wildman–Crippen LogP) is 3.39. The average Bonchev–Trinajstić information content (AvgIpc) is 2.82. The molecule has 0 aromatic heterocycles. The van der Waals surface area contributed by atoms with Gasteiger partial charge in [-0.05, 0) is 67.4 Å². The van der Waals surface area contributed by atoms with E-state index >= 15 is 0 Å². The Hall–Kier alpha value is -2.75. The molecule has 1 aromatic rings. The number of fused-ring (bicyclic) bond motifs is 1. The number of halogens is 1. The van der Waals surface area contributed by atoms with E-state index < -0.39 is 54.7 Å². The van der Waals surface area contributed by atoms with Gasteiger partial charge in [0.15, 0.2) is 6.10 Å². The Balaban J connectivity index is 1.70. The van der Waals surface area contributed by atoms with E-state index in [1.807, 2.05) is 19.1 Å². The minimum absolute atomic E-state index is 0.00842. The van der Waals surface area contributed by atoms with Gasteiger partial charge in [-0.1, -0.05) is 32.1 Å². The van der Waals surface area contributed by atoms with Gasteiger partial charge in [-0.3, -0.25) is 4.79 Å². The third-order valence-electron chi connectivity index (χ3n) is 7.15. The molecule has 0 saturated heterocycles. The van der Waals surface area contributed by atoms with Crippen molar-refractivity contribution in [2.75, 3.05) is 0 Å². The van der Waals surface area contributed by atoms with E-state index in [1.165, 1.54) is 24.3 Å². The lowest BCUT2D eigenvalue weighted by Gasteiger charge is -2.43. The highest BCUT2D eigenvalue weighted by Crippen LogP contribution is 2.44. The molecule has 1 aromatic carbocycles. The van der Waals surface area contributed by atoms with Gasteiger partial charge in [0.25, 0.3) is 0 Å². The van der Waals surface area contributed by atoms with Gasteiger partial charge in [-0.15, -0.1) is 0 Å². The van der Waals surface area contributed by atoms with Crippen molar-refractivity contribution in [3.8, 4) is 5.75 Å². The Bertz CT molecular complexity index is 975. The van der Waals surface area contributed by atoms with Crippen LogP contribution >= 0.6 is 0 Å². The van der Waals surface area contributed by atoms with E-state index in [9.17, 15) is 29.3 Å². The maximum Gasteiger partial charge on any atom is 0.347 e. The zero-order chi connectivity index (χ0) is 27.1. The quantitative estimate of drug-likeness (QED) is 0.308. The molecule has 3 rings (SSSR count). The van der Waals surface area contributed by atoms with Crippen LogP contribution in [-0.4, -0.2) is 62.9 Å². The minimum Gasteiger partial charge on any atom is -0.481 e. The topological polar surface area (TPSA) is 134 Å². The molecule has 0 heterocycles. The first-order valence-electron chi connectivity index (χ1n) is 12.9. The highest BCUT2D eigenvalue weighted by Gasteiger charge is 2.42. The Kier molecular flexibility index (Phi) is 10.3. The number of hydrogen-bond donors (Lipinski definition) is 4. The summed E-state index contributed by atoms with van der Waals surface area (Å²) in [7, 11) is 0. The van der Waals surface area contributed by atoms with Crippen molar-refractivity contribution >= 4 is 11.9 Å². The zero-order valence-corrected chi connectivity index (χ0v) is 21.2. The van der Waals surface area contributed by atoms with E-state index in [0.29, 0.717) is 25.0 Å². The van der Waals surface area contributed by atoms with Gasteiger partial charge in [0, 0.05) is 12.3 Å². The smallest absolute Gasteiger partial charge is 0.347 e. The molecule has 0 fully saturated rings. The van der Waals surface area contributed by atoms with Crippen molar-refractivity contribution in [1.82, 2.24) is 0 Å². The van der Waals surface area contributed by atoms with Crippen LogP contribution in [0.4, 0.5) is 4.39 Å². The molecule has 4 N–H and O–H groups in total. The number of aliphatic carboxylic acids is 1. The summed E-state index contributed by atoms with van der Waals surface area (Å²) >= 11 is 0. The van der Waals surface area contributed by atoms with Crippen molar-refractivity contribution in [1.29, 1.82) is 0 Å². The second kappa shape index (κ2) is 13.2. The zero-order valence-electron chi connectivity index (χ0n) is 21.2. The van der Waals surface area contributed by atoms with Crippen LogP contribution in [0.3, 0.4) is 0 Å². The average molecular weight is 521 g/mol. The Morgan fingerprint density at radius 3 is 2.51 bits per heavy atom. The van der Waals surface area contributed by atoms with Crippen molar-refractivity contribution in [3.63, 3.8) is 0 Å². The Morgan fingerprint density at radius 1 is 1.16 bits per heavy atom. The second-order valence-electron chi connectivity index (χ2n) is 10.0. The van der Waals surface area contributed by atoms with Gasteiger partial charge < -0.3 is 29.9 Å². The summed E-state index contributed by atoms with van der Waals surface area (Å²) in [4.78, 5) is 23.9. The van der Waals surface area contributed by atoms with Gasteiger partial charge in [0.1, 0.15) is 17.7 Å². The van der Waals surface area contributed by atoms with Gasteiger partial charge in [0.05, 0.1) is 24.7 Å². The Morgan fingerprint density at radius 2 is 1.86 bits per heavy atom. The van der Waals surface area contributed by atoms with Crippen molar-refractivity contribution in [2.45, 2.75) is 82.9 Å². The van der Waals surface area contributed by atoms with Crippen LogP contribution in [0.5, 0.6) is 5.75 Å². The number of aliphatic hydroxyl groups excluding tert-OH is 3. The molecule has 0 aliphatic heterocycles. The molecule has 204 valence electrons. The lowest BCUT2D eigenvalue weighted by Crippen LogP contribution is -2.44. The number of esters is 1. The first-order chi connectivity index (χ1) is 17.6. The number of carboxylic acid groups (broad SMARTS) is 1. The highest BCUT2D eigenvalue weighted by molar-refractivity contribution is 5.75. The number of carbonyl (C=O) groups excluding carboxylic acids is 1. The van der Waals surface area contributed by atoms with Crippen molar-refractivity contribution < 1.29 is 43.9 Å². The van der Waals surface area contributed by atoms with Gasteiger partial charge in [0.2, 0.25) is 0 Å². The summed E-state index contributed by atoms with van der Waals surface area (Å²) in [5.41, 5.74) is 0.868. The summed E-state index contributed by atoms with van der Waals surface area (Å²) in [6.07, 6.45) is 2.45. The second-order valence-corrected chi connectivity index (χ2v) is 10.0. The molecule has 2 aliphatic rings. The maximum absolute atomic E-state index is 13.2. The fourth-order valence-electron chi connectivity index (χ4n) is 5.29. The number of aliphatic hydroxyl groups is 3. The summed E-state index contributed by atoms with van der Waals surface area (Å²) in [6, 6.07) is 5.38. The van der Waals surface area contributed by atoms with Crippen LogP contribution in [0.15, 0.2) is 48.1 Å². The molecule has 0 radical (unpaired) electrons. The van der Waals surface area contributed by atoms with Crippen molar-refractivity contribution in [3.05, 3.63) is 53.9 Å². The fraction of sp³-hybridized carbons (Fsp3) is 0.571. The molecule has 37 heavy (non-hydrogen) atoms. The number of carbonyl (C=O) groups is 2. The molecule has 2 aliphatic carbocycles. The lowest BCUT2D eigenvalue weighted by molar-refractivity contribution is -0.163. The third kappa shape index (κ3) is 8.12. The highest BCUT2D eigenvalue weighted by atomic mass is 19.1. The molecule has 0 spiro atoms. The SMILES string of the molecule is CCC(Oc1ccc(F)cc1)C(=O)OC1CC(O)C=C2C=CC(C)C(CCC(O)CC(O)CC(=O)O)C21. The molecule has 8 nitrogen and oxygen atoms in total. The van der Waals surface area contributed by atoms with Gasteiger partial charge in [-0.2, -0.15) is 0 Å². The number of allylic oxidation sites excluding steroid dienone is 2. The molecule has 0 amide bonds. The summed E-state index contributed by atoms with van der Waals surface area (Å²) in [6.45, 7) is 3.82. The molecule has 9 heteroatoms. The van der Waals surface area contributed by atoms with E-state index in [1.54, 1.807) is 13.0 Å². The Labute approximate surface area is 216 Å². The van der Waals surface area contributed by atoms with Crippen molar-refractivity contribution in [2.24, 2.45) is 17.8 Å². The molecule has 8 atom stereocenters. The summed E-state index contributed by atoms with van der Waals surface area (Å²) in [5.74, 6) is -1.86. The van der Waals surface area contributed by atoms with Crippen LogP contribution < -0.4 is 4.74 Å². The largest absolute Gasteiger partial charge is 0.481 e. The lowest BCUT2D eigenvalue weighted by atomic mass is 9.66. The van der Waals surface area contributed by atoms with Crippen LogP contribution in [0.2, 0.25) is 0 Å². The third-order valence-corrected chi connectivity index (χ3v) is 7.15. The number of hydrogen-bond acceptors (Lipinski definition) is 7. The number of benzene rings is 1. The predicted molar refractivity (Wildman–Crippen MR) is 133 cm³/mol. The molecule has 8 unspecified atom stereocenters. The maximum atomic E-state index is 13.2. The van der Waals surface area contributed by atoms with Crippen LogP contribution in [-0.2, 0) is 14.3 Å². The van der Waals surface area contributed by atoms with Gasteiger partial charge >= 0.3 is 11.9 Å². The normalized spacial score (nSPS) is 27.4. The number of rotatable bonds is 12. The van der Waals surface area contributed by atoms with E-state index in [-0.39, 0.29) is 30.6 Å². The van der Waals surface area contributed by atoms with Crippen LogP contribution in [0.25, 0.3) is 0 Å². The number of carboxylic acids is 1. The molecular formula is C28H37FO8. The minimum atomic E-state index is -1.13. The molecule has 0 saturated carbocycles. The summed E-state index contributed by atoms with van der Waals surface area (Å²) < 4.78 is 24.9. The van der Waals surface area contributed by atoms with E-state index in [4.69, 9.17) is 14.6 Å².